The first-order valence-electron chi connectivity index (χ1n) is 11.9. The molecule has 1 N–H and O–H groups in total. The van der Waals surface area contributed by atoms with Crippen LogP contribution in [-0.4, -0.2) is 62.2 Å². The number of ether oxygens (including phenoxy) is 1. The van der Waals surface area contributed by atoms with Crippen LogP contribution in [0, 0.1) is 5.82 Å². The number of pyridine rings is 2. The molecule has 5 heterocycles. The van der Waals surface area contributed by atoms with Crippen LogP contribution < -0.4 is 26.5 Å². The molecule has 0 aliphatic carbocycles. The Kier molecular flexibility index (Phi) is 6.38. The number of methoxy groups -OCH3 is 1. The van der Waals surface area contributed by atoms with Crippen LogP contribution in [-0.2, 0) is 18.8 Å². The first kappa shape index (κ1) is 24.4. The molecule has 192 valence electrons. The maximum absolute atomic E-state index is 15.6. The molecule has 0 saturated carbocycles. The van der Waals surface area contributed by atoms with E-state index in [2.05, 4.69) is 31.9 Å². The highest BCUT2D eigenvalue weighted by Gasteiger charge is 2.21. The van der Waals surface area contributed by atoms with Gasteiger partial charge in [-0.05, 0) is 13.0 Å². The Morgan fingerprint density at radius 1 is 1.19 bits per heavy atom. The minimum absolute atomic E-state index is 0.0786. The molecule has 0 radical (unpaired) electrons. The lowest BCUT2D eigenvalue weighted by Crippen LogP contribution is -2.43. The molecule has 10 nitrogen and oxygen atoms in total. The maximum atomic E-state index is 15.6. The quantitative estimate of drug-likeness (QED) is 0.399. The Balaban J connectivity index is 1.78. The molecule has 0 atom stereocenters. The number of rotatable bonds is 5. The summed E-state index contributed by atoms with van der Waals surface area (Å²) in [5, 5.41) is 8.53. The third-order valence-electron chi connectivity index (χ3n) is 6.71. The molecule has 1 fully saturated rings. The standard InChI is InChI=1S/C26H29FN8O2/c1-16-20(11-21(17(2)37-5)18-12-31-32(3)15-18)24-23(14-29-16)33(4)26(36)35(24)25-22(27)10-19(13-30-25)34-8-6-28-7-9-34/h10-15,28H,1,6-9H2,2-5H3/b20-11+,21-17-. The number of halogens is 1. The molecule has 1 saturated heterocycles. The number of piperazine rings is 1. The van der Waals surface area contributed by atoms with E-state index in [4.69, 9.17) is 4.74 Å². The highest BCUT2D eigenvalue weighted by atomic mass is 19.1. The zero-order valence-corrected chi connectivity index (χ0v) is 21.3. The van der Waals surface area contributed by atoms with Gasteiger partial charge >= 0.3 is 5.69 Å². The van der Waals surface area contributed by atoms with Crippen molar-refractivity contribution >= 4 is 34.9 Å². The highest BCUT2D eigenvalue weighted by Crippen LogP contribution is 2.23. The van der Waals surface area contributed by atoms with Crippen LogP contribution in [0.1, 0.15) is 12.5 Å². The van der Waals surface area contributed by atoms with E-state index in [-0.39, 0.29) is 5.82 Å². The topological polar surface area (TPSA) is 95.0 Å². The molecule has 5 rings (SSSR count). The fourth-order valence-corrected chi connectivity index (χ4v) is 4.61. The number of hydrogen-bond donors (Lipinski definition) is 1. The first-order valence-corrected chi connectivity index (χ1v) is 11.9. The van der Waals surface area contributed by atoms with Gasteiger partial charge in [0.2, 0.25) is 0 Å². The van der Waals surface area contributed by atoms with Crippen molar-refractivity contribution < 1.29 is 9.13 Å². The van der Waals surface area contributed by atoms with Crippen molar-refractivity contribution in [3.05, 3.63) is 69.0 Å². The number of nitrogens with zero attached hydrogens (tertiary/aromatic N) is 7. The smallest absolute Gasteiger partial charge is 0.334 e. The largest absolute Gasteiger partial charge is 0.501 e. The van der Waals surface area contributed by atoms with Gasteiger partial charge in [0.15, 0.2) is 11.6 Å². The second kappa shape index (κ2) is 9.66. The summed E-state index contributed by atoms with van der Waals surface area (Å²) in [4.78, 5) is 24.3. The Bertz CT molecular complexity index is 1690. The van der Waals surface area contributed by atoms with Crippen molar-refractivity contribution in [2.45, 2.75) is 6.92 Å². The number of hydrogen-bond acceptors (Lipinski definition) is 7. The Morgan fingerprint density at radius 3 is 2.59 bits per heavy atom. The fraction of sp³-hybridized carbons (Fsp3) is 0.308. The zero-order chi connectivity index (χ0) is 26.3. The lowest BCUT2D eigenvalue weighted by Gasteiger charge is -2.29. The number of anilines is 1. The van der Waals surface area contributed by atoms with Gasteiger partial charge in [0, 0.05) is 68.9 Å². The van der Waals surface area contributed by atoms with Gasteiger partial charge in [0.25, 0.3) is 0 Å². The van der Waals surface area contributed by atoms with Crippen LogP contribution in [0.15, 0.2) is 41.4 Å². The molecule has 1 aliphatic rings. The average Bonchev–Trinajstić information content (AvgIpc) is 3.44. The van der Waals surface area contributed by atoms with Gasteiger partial charge < -0.3 is 15.0 Å². The van der Waals surface area contributed by atoms with Crippen LogP contribution in [0.5, 0.6) is 0 Å². The minimum atomic E-state index is -0.588. The molecular formula is C26H29FN8O2. The second-order valence-electron chi connectivity index (χ2n) is 8.99. The number of fused-ring (bicyclic) bond motifs is 1. The fourth-order valence-electron chi connectivity index (χ4n) is 4.61. The van der Waals surface area contributed by atoms with Crippen molar-refractivity contribution in [3.63, 3.8) is 0 Å². The molecule has 0 aromatic carbocycles. The lowest BCUT2D eigenvalue weighted by molar-refractivity contribution is 0.296. The summed E-state index contributed by atoms with van der Waals surface area (Å²) in [6.07, 6.45) is 8.60. The second-order valence-corrected chi connectivity index (χ2v) is 8.99. The van der Waals surface area contributed by atoms with Crippen molar-refractivity contribution in [2.75, 3.05) is 38.2 Å². The lowest BCUT2D eigenvalue weighted by atomic mass is 10.1. The summed E-state index contributed by atoms with van der Waals surface area (Å²) in [5.41, 5.74) is 2.78. The van der Waals surface area contributed by atoms with Gasteiger partial charge in [-0.25, -0.2) is 18.7 Å². The SMILES string of the molecule is C=c1ncc2c(/c1=C/C(=C(\C)OC)c1cnn(C)c1)n(-c1ncc(N3CCNCC3)cc1F)c(=O)n2C. The minimum Gasteiger partial charge on any atom is -0.501 e. The van der Waals surface area contributed by atoms with Crippen molar-refractivity contribution in [3.8, 4) is 5.82 Å². The maximum Gasteiger partial charge on any atom is 0.334 e. The summed E-state index contributed by atoms with van der Waals surface area (Å²) in [7, 11) is 5.04. The van der Waals surface area contributed by atoms with E-state index in [1.807, 2.05) is 26.2 Å². The van der Waals surface area contributed by atoms with Gasteiger partial charge in [-0.3, -0.25) is 14.2 Å². The molecular weight excluding hydrogens is 475 g/mol. The first-order chi connectivity index (χ1) is 17.8. The molecule has 0 bridgehead atoms. The Morgan fingerprint density at radius 2 is 1.95 bits per heavy atom. The van der Waals surface area contributed by atoms with Crippen molar-refractivity contribution in [1.29, 1.82) is 0 Å². The van der Waals surface area contributed by atoms with Gasteiger partial charge in [0.05, 0.1) is 47.8 Å². The van der Waals surface area contributed by atoms with E-state index >= 15 is 4.39 Å². The molecule has 1 aliphatic heterocycles. The summed E-state index contributed by atoms with van der Waals surface area (Å²) in [6, 6.07) is 1.44. The highest BCUT2D eigenvalue weighted by molar-refractivity contribution is 5.92. The van der Waals surface area contributed by atoms with Gasteiger partial charge in [0.1, 0.15) is 5.76 Å². The summed E-state index contributed by atoms with van der Waals surface area (Å²) in [6.45, 7) is 9.09. The third-order valence-corrected chi connectivity index (χ3v) is 6.71. The van der Waals surface area contributed by atoms with Crippen molar-refractivity contribution in [2.24, 2.45) is 14.1 Å². The molecule has 0 unspecified atom stereocenters. The van der Waals surface area contributed by atoms with E-state index in [0.717, 1.165) is 37.3 Å². The number of aromatic nitrogens is 6. The van der Waals surface area contributed by atoms with E-state index < -0.39 is 11.5 Å². The number of allylic oxidation sites excluding steroid dienone is 2. The van der Waals surface area contributed by atoms with Gasteiger partial charge in [-0.15, -0.1) is 0 Å². The predicted octanol–water partition coefficient (Wildman–Crippen LogP) is 0.670. The van der Waals surface area contributed by atoms with Crippen LogP contribution in [0.3, 0.4) is 0 Å². The van der Waals surface area contributed by atoms with E-state index in [1.54, 1.807) is 37.4 Å². The third kappa shape index (κ3) is 4.31. The number of imidazole rings is 1. The summed E-state index contributed by atoms with van der Waals surface area (Å²) >= 11 is 0. The average molecular weight is 505 g/mol. The van der Waals surface area contributed by atoms with E-state index in [1.165, 1.54) is 15.2 Å². The molecule has 4 aromatic rings. The van der Waals surface area contributed by atoms with E-state index in [0.29, 0.717) is 33.0 Å². The van der Waals surface area contributed by atoms with E-state index in [9.17, 15) is 4.79 Å². The monoisotopic (exact) mass is 504 g/mol. The van der Waals surface area contributed by atoms with Crippen molar-refractivity contribution in [1.82, 2.24) is 34.2 Å². The number of nitrogens with one attached hydrogen (secondary N) is 1. The molecule has 11 heteroatoms. The zero-order valence-electron chi connectivity index (χ0n) is 21.3. The van der Waals surface area contributed by atoms with Crippen LogP contribution in [0.4, 0.5) is 10.1 Å². The van der Waals surface area contributed by atoms with Gasteiger partial charge in [-0.2, -0.15) is 5.10 Å². The van der Waals surface area contributed by atoms with Crippen LogP contribution >= 0.6 is 0 Å². The molecule has 0 spiro atoms. The molecule has 0 amide bonds. The normalized spacial score (nSPS) is 15.4. The van der Waals surface area contributed by atoms with Gasteiger partial charge in [-0.1, -0.05) is 6.58 Å². The number of aryl methyl sites for hydroxylation is 2. The summed E-state index contributed by atoms with van der Waals surface area (Å²) in [5.74, 6) is -0.0286. The molecule has 37 heavy (non-hydrogen) atoms. The Hall–Kier alpha value is -4.25. The van der Waals surface area contributed by atoms with Crippen LogP contribution in [0.2, 0.25) is 0 Å². The predicted molar refractivity (Wildman–Crippen MR) is 141 cm³/mol. The summed E-state index contributed by atoms with van der Waals surface area (Å²) < 4.78 is 25.6. The Labute approximate surface area is 212 Å². The molecule has 4 aromatic heterocycles. The van der Waals surface area contributed by atoms with Crippen LogP contribution in [0.25, 0.3) is 35.1 Å².